The predicted molar refractivity (Wildman–Crippen MR) is 130 cm³/mol. The van der Waals surface area contributed by atoms with Crippen molar-refractivity contribution in [1.82, 2.24) is 19.5 Å². The van der Waals surface area contributed by atoms with Crippen LogP contribution in [0.15, 0.2) is 53.4 Å². The third kappa shape index (κ3) is 4.10. The number of benzene rings is 1. The molecule has 0 aliphatic carbocycles. The van der Waals surface area contributed by atoms with E-state index in [1.807, 2.05) is 69.7 Å². The first-order valence-electron chi connectivity index (χ1n) is 10.8. The lowest BCUT2D eigenvalue weighted by atomic mass is 9.97. The highest BCUT2D eigenvalue weighted by atomic mass is 35.5. The van der Waals surface area contributed by atoms with Crippen LogP contribution in [0.2, 0.25) is 5.02 Å². The second kappa shape index (κ2) is 8.92. The highest BCUT2D eigenvalue weighted by Crippen LogP contribution is 2.29. The average Bonchev–Trinajstić information content (AvgIpc) is 3.48. The van der Waals surface area contributed by atoms with Crippen LogP contribution in [0.1, 0.15) is 28.8 Å². The first-order valence-corrected chi connectivity index (χ1v) is 12.1. The average molecular weight is 466 g/mol. The molecular formula is C24H24ClN5OS. The molecule has 32 heavy (non-hydrogen) atoms. The van der Waals surface area contributed by atoms with Crippen LogP contribution < -0.4 is 5.32 Å². The number of nitrogens with one attached hydrogen (secondary N) is 1. The smallest absolute Gasteiger partial charge is 0.254 e. The molecule has 1 aromatic carbocycles. The number of aromatic nitrogens is 3. The second-order valence-corrected chi connectivity index (χ2v) is 9.41. The van der Waals surface area contributed by atoms with Crippen molar-refractivity contribution in [3.05, 3.63) is 69.5 Å². The van der Waals surface area contributed by atoms with Crippen LogP contribution in [0.3, 0.4) is 0 Å². The summed E-state index contributed by atoms with van der Waals surface area (Å²) in [5.74, 6) is 1.38. The monoisotopic (exact) mass is 465 g/mol. The van der Waals surface area contributed by atoms with Crippen molar-refractivity contribution in [3.63, 3.8) is 0 Å². The van der Waals surface area contributed by atoms with E-state index in [9.17, 15) is 4.79 Å². The Morgan fingerprint density at radius 2 is 2.19 bits per heavy atom. The van der Waals surface area contributed by atoms with Gasteiger partial charge in [0.05, 0.1) is 17.5 Å². The van der Waals surface area contributed by atoms with Gasteiger partial charge >= 0.3 is 0 Å². The maximum atomic E-state index is 12.8. The molecule has 1 fully saturated rings. The van der Waals surface area contributed by atoms with Crippen molar-refractivity contribution in [2.24, 2.45) is 5.92 Å². The van der Waals surface area contributed by atoms with Crippen LogP contribution in [0.25, 0.3) is 16.9 Å². The highest BCUT2D eigenvalue weighted by molar-refractivity contribution is 7.08. The summed E-state index contributed by atoms with van der Waals surface area (Å²) in [7, 11) is 0. The SMILES string of the molecule is Cc1cnn2c(NCC3CCCN(C(=O)c4ccsc4)C3)cc(-c3ccccc3Cl)nc12. The molecule has 8 heteroatoms. The Labute approximate surface area is 195 Å². The van der Waals surface area contributed by atoms with Crippen LogP contribution in [0.4, 0.5) is 5.82 Å². The molecule has 1 unspecified atom stereocenters. The molecule has 0 saturated carbocycles. The number of nitrogens with zero attached hydrogens (tertiary/aromatic N) is 4. The van der Waals surface area contributed by atoms with Gasteiger partial charge in [-0.15, -0.1) is 0 Å². The predicted octanol–water partition coefficient (Wildman–Crippen LogP) is 5.38. The molecular weight excluding hydrogens is 442 g/mol. The Balaban J connectivity index is 1.37. The molecule has 5 rings (SSSR count). The standard InChI is InChI=1S/C24H24ClN5OS/c1-16-12-27-30-22(11-21(28-23(16)30)19-6-2-3-7-20(19)25)26-13-17-5-4-9-29(14-17)24(31)18-8-10-32-15-18/h2-3,6-8,10-12,15,17,26H,4-5,9,13-14H2,1H3. The minimum Gasteiger partial charge on any atom is -0.370 e. The maximum absolute atomic E-state index is 12.8. The van der Waals surface area contributed by atoms with Crippen molar-refractivity contribution < 1.29 is 4.79 Å². The van der Waals surface area contributed by atoms with E-state index >= 15 is 0 Å². The lowest BCUT2D eigenvalue weighted by Crippen LogP contribution is -2.41. The van der Waals surface area contributed by atoms with E-state index in [2.05, 4.69) is 10.4 Å². The van der Waals surface area contributed by atoms with Crippen molar-refractivity contribution in [3.8, 4) is 11.3 Å². The fraction of sp³-hybridized carbons (Fsp3) is 0.292. The first kappa shape index (κ1) is 21.0. The zero-order valence-corrected chi connectivity index (χ0v) is 19.4. The highest BCUT2D eigenvalue weighted by Gasteiger charge is 2.25. The lowest BCUT2D eigenvalue weighted by Gasteiger charge is -2.33. The van der Waals surface area contributed by atoms with Gasteiger partial charge in [0, 0.05) is 47.2 Å². The minimum atomic E-state index is 0.131. The molecule has 0 bridgehead atoms. The molecule has 1 aliphatic heterocycles. The second-order valence-electron chi connectivity index (χ2n) is 8.22. The largest absolute Gasteiger partial charge is 0.370 e. The van der Waals surface area contributed by atoms with Gasteiger partial charge in [-0.1, -0.05) is 29.8 Å². The molecule has 4 heterocycles. The molecule has 1 N–H and O–H groups in total. The van der Waals surface area contributed by atoms with Crippen LogP contribution in [0, 0.1) is 12.8 Å². The van der Waals surface area contributed by atoms with E-state index in [4.69, 9.17) is 16.6 Å². The number of rotatable bonds is 5. The number of aryl methyl sites for hydroxylation is 1. The summed E-state index contributed by atoms with van der Waals surface area (Å²) in [5.41, 5.74) is 4.31. The van der Waals surface area contributed by atoms with Gasteiger partial charge in [-0.05, 0) is 43.2 Å². The van der Waals surface area contributed by atoms with E-state index in [1.54, 1.807) is 11.3 Å². The van der Waals surface area contributed by atoms with Crippen LogP contribution >= 0.6 is 22.9 Å². The number of fused-ring (bicyclic) bond motifs is 1. The van der Waals surface area contributed by atoms with Gasteiger partial charge in [-0.3, -0.25) is 4.79 Å². The van der Waals surface area contributed by atoms with Crippen molar-refractivity contribution in [2.45, 2.75) is 19.8 Å². The molecule has 4 aromatic rings. The van der Waals surface area contributed by atoms with E-state index in [0.717, 1.165) is 66.3 Å². The zero-order valence-electron chi connectivity index (χ0n) is 17.8. The summed E-state index contributed by atoms with van der Waals surface area (Å²) in [6, 6.07) is 11.6. The third-order valence-corrected chi connectivity index (χ3v) is 6.96. The summed E-state index contributed by atoms with van der Waals surface area (Å²) in [4.78, 5) is 19.6. The third-order valence-electron chi connectivity index (χ3n) is 5.94. The van der Waals surface area contributed by atoms with Crippen LogP contribution in [-0.2, 0) is 0 Å². The lowest BCUT2D eigenvalue weighted by molar-refractivity contribution is 0.0680. The number of piperidine rings is 1. The molecule has 1 amide bonds. The van der Waals surface area contributed by atoms with Crippen molar-refractivity contribution in [2.75, 3.05) is 25.0 Å². The molecule has 1 atom stereocenters. The van der Waals surface area contributed by atoms with Crippen molar-refractivity contribution >= 4 is 40.3 Å². The number of hydrogen-bond acceptors (Lipinski definition) is 5. The number of anilines is 1. The van der Waals surface area contributed by atoms with Gasteiger partial charge in [-0.2, -0.15) is 21.0 Å². The Kier molecular flexibility index (Phi) is 5.85. The normalized spacial score (nSPS) is 16.4. The summed E-state index contributed by atoms with van der Waals surface area (Å²) in [6.45, 7) is 4.34. The number of thiophene rings is 1. The number of hydrogen-bond donors (Lipinski definition) is 1. The first-order chi connectivity index (χ1) is 15.6. The number of carbonyl (C=O) groups is 1. The molecule has 0 radical (unpaired) electrons. The number of amides is 1. The molecule has 6 nitrogen and oxygen atoms in total. The minimum absolute atomic E-state index is 0.131. The van der Waals surface area contributed by atoms with Gasteiger partial charge in [0.15, 0.2) is 5.65 Å². The Bertz CT molecular complexity index is 1250. The van der Waals surface area contributed by atoms with Crippen LogP contribution in [-0.4, -0.2) is 45.0 Å². The van der Waals surface area contributed by atoms with E-state index < -0.39 is 0 Å². The summed E-state index contributed by atoms with van der Waals surface area (Å²) >= 11 is 8.00. The van der Waals surface area contributed by atoms with Crippen molar-refractivity contribution in [1.29, 1.82) is 0 Å². The Hall–Kier alpha value is -2.90. The zero-order chi connectivity index (χ0) is 22.1. The van der Waals surface area contributed by atoms with Crippen LogP contribution in [0.5, 0.6) is 0 Å². The van der Waals surface area contributed by atoms with E-state index in [0.29, 0.717) is 10.9 Å². The number of likely N-dealkylation sites (tertiary alicyclic amines) is 1. The number of carbonyl (C=O) groups excluding carboxylic acids is 1. The molecule has 1 saturated heterocycles. The fourth-order valence-electron chi connectivity index (χ4n) is 4.24. The van der Waals surface area contributed by atoms with Gasteiger partial charge < -0.3 is 10.2 Å². The fourth-order valence-corrected chi connectivity index (χ4v) is 5.10. The Morgan fingerprint density at radius 3 is 3.00 bits per heavy atom. The molecule has 1 aliphatic rings. The van der Waals surface area contributed by atoms with Gasteiger partial charge in [0.1, 0.15) is 5.82 Å². The summed E-state index contributed by atoms with van der Waals surface area (Å²) < 4.78 is 1.84. The van der Waals surface area contributed by atoms with Gasteiger partial charge in [0.25, 0.3) is 5.91 Å². The summed E-state index contributed by atoms with van der Waals surface area (Å²) in [5, 5.41) is 12.6. The van der Waals surface area contributed by atoms with E-state index in [1.165, 1.54) is 0 Å². The maximum Gasteiger partial charge on any atom is 0.254 e. The molecule has 164 valence electrons. The quantitative estimate of drug-likeness (QED) is 0.429. The molecule has 0 spiro atoms. The number of halogens is 1. The Morgan fingerprint density at radius 1 is 1.31 bits per heavy atom. The van der Waals surface area contributed by atoms with E-state index in [-0.39, 0.29) is 5.91 Å². The van der Waals surface area contributed by atoms with Gasteiger partial charge in [-0.25, -0.2) is 4.98 Å². The topological polar surface area (TPSA) is 62.5 Å². The summed E-state index contributed by atoms with van der Waals surface area (Å²) in [6.07, 6.45) is 3.93. The van der Waals surface area contributed by atoms with Gasteiger partial charge in [0.2, 0.25) is 0 Å². The molecule has 3 aromatic heterocycles.